The van der Waals surface area contributed by atoms with Gasteiger partial charge in [0.1, 0.15) is 5.75 Å². The second-order valence-corrected chi connectivity index (χ2v) is 4.30. The van der Waals surface area contributed by atoms with Crippen LogP contribution in [-0.2, 0) is 11.3 Å². The molecule has 0 saturated carbocycles. The number of carboxylic acids is 1. The summed E-state index contributed by atoms with van der Waals surface area (Å²) < 4.78 is 40.4. The van der Waals surface area contributed by atoms with Crippen LogP contribution in [0.2, 0.25) is 0 Å². The van der Waals surface area contributed by atoms with Crippen LogP contribution in [-0.4, -0.2) is 36.4 Å². The Morgan fingerprint density at radius 3 is 2.32 bits per heavy atom. The average molecular weight is 320 g/mol. The molecule has 0 spiro atoms. The lowest BCUT2D eigenvalue weighted by Gasteiger charge is -2.10. The van der Waals surface area contributed by atoms with E-state index < -0.39 is 24.8 Å². The number of amides is 2. The van der Waals surface area contributed by atoms with Gasteiger partial charge in [0.05, 0.1) is 6.42 Å². The molecule has 1 rings (SSSR count). The van der Waals surface area contributed by atoms with Crippen LogP contribution < -0.4 is 15.4 Å². The Bertz CT molecular complexity index is 503. The van der Waals surface area contributed by atoms with Crippen molar-refractivity contribution < 1.29 is 32.6 Å². The first kappa shape index (κ1) is 17.6. The Morgan fingerprint density at radius 2 is 1.77 bits per heavy atom. The van der Waals surface area contributed by atoms with E-state index >= 15 is 0 Å². The molecule has 2 amide bonds. The van der Waals surface area contributed by atoms with Crippen LogP contribution in [0.5, 0.6) is 5.75 Å². The molecule has 0 aliphatic carbocycles. The molecule has 0 unspecified atom stereocenters. The van der Waals surface area contributed by atoms with Crippen LogP contribution in [0.25, 0.3) is 0 Å². The third-order valence-electron chi connectivity index (χ3n) is 2.40. The summed E-state index contributed by atoms with van der Waals surface area (Å²) >= 11 is 0. The summed E-state index contributed by atoms with van der Waals surface area (Å²) in [6.45, 7) is -1.21. The van der Waals surface area contributed by atoms with E-state index in [1.54, 1.807) is 0 Å². The highest BCUT2D eigenvalue weighted by molar-refractivity contribution is 5.74. The quantitative estimate of drug-likeness (QED) is 0.716. The van der Waals surface area contributed by atoms with Crippen molar-refractivity contribution in [2.45, 2.75) is 19.1 Å². The number of rotatable bonds is 7. The minimum absolute atomic E-state index is 0.00534. The van der Waals surface area contributed by atoms with E-state index in [2.05, 4.69) is 15.4 Å². The lowest BCUT2D eigenvalue weighted by Crippen LogP contribution is -2.36. The third-order valence-corrected chi connectivity index (χ3v) is 2.40. The fraction of sp³-hybridized carbons (Fsp3) is 0.385. The van der Waals surface area contributed by atoms with Gasteiger partial charge in [0.2, 0.25) is 0 Å². The minimum Gasteiger partial charge on any atom is -0.484 e. The van der Waals surface area contributed by atoms with Crippen molar-refractivity contribution >= 4 is 12.0 Å². The summed E-state index contributed by atoms with van der Waals surface area (Å²) in [7, 11) is 0. The fourth-order valence-electron chi connectivity index (χ4n) is 1.40. The molecule has 1 aromatic carbocycles. The molecular weight excluding hydrogens is 305 g/mol. The van der Waals surface area contributed by atoms with Gasteiger partial charge in [0.25, 0.3) is 0 Å². The number of benzene rings is 1. The van der Waals surface area contributed by atoms with Crippen LogP contribution >= 0.6 is 0 Å². The van der Waals surface area contributed by atoms with Gasteiger partial charge in [-0.2, -0.15) is 13.2 Å². The zero-order chi connectivity index (χ0) is 16.6. The van der Waals surface area contributed by atoms with Gasteiger partial charge in [0.15, 0.2) is 6.61 Å². The van der Waals surface area contributed by atoms with Crippen molar-refractivity contribution in [3.05, 3.63) is 29.8 Å². The van der Waals surface area contributed by atoms with Crippen molar-refractivity contribution in [1.82, 2.24) is 10.6 Å². The first-order valence-corrected chi connectivity index (χ1v) is 6.28. The van der Waals surface area contributed by atoms with Crippen LogP contribution in [0.3, 0.4) is 0 Å². The number of hydrogen-bond donors (Lipinski definition) is 3. The largest absolute Gasteiger partial charge is 0.484 e. The molecule has 9 heteroatoms. The second kappa shape index (κ2) is 8.11. The summed E-state index contributed by atoms with van der Waals surface area (Å²) in [5.41, 5.74) is 0.660. The van der Waals surface area contributed by atoms with Gasteiger partial charge in [-0.25, -0.2) is 4.79 Å². The molecule has 22 heavy (non-hydrogen) atoms. The predicted molar refractivity (Wildman–Crippen MR) is 70.5 cm³/mol. The zero-order valence-corrected chi connectivity index (χ0v) is 11.4. The Hall–Kier alpha value is -2.45. The van der Waals surface area contributed by atoms with E-state index in [1.165, 1.54) is 24.3 Å². The van der Waals surface area contributed by atoms with E-state index in [0.29, 0.717) is 5.56 Å². The van der Waals surface area contributed by atoms with Crippen molar-refractivity contribution in [3.8, 4) is 5.75 Å². The summed E-state index contributed by atoms with van der Waals surface area (Å²) in [5, 5.41) is 13.2. The highest BCUT2D eigenvalue weighted by Crippen LogP contribution is 2.18. The van der Waals surface area contributed by atoms with Gasteiger partial charge < -0.3 is 20.5 Å². The lowest BCUT2D eigenvalue weighted by molar-refractivity contribution is -0.153. The Labute approximate surface area is 124 Å². The maximum atomic E-state index is 12.0. The number of carbonyl (C=O) groups excluding carboxylic acids is 1. The van der Waals surface area contributed by atoms with E-state index in [9.17, 15) is 22.8 Å². The maximum Gasteiger partial charge on any atom is 0.422 e. The third kappa shape index (κ3) is 7.98. The van der Waals surface area contributed by atoms with Gasteiger partial charge >= 0.3 is 18.2 Å². The summed E-state index contributed by atoms with van der Waals surface area (Å²) in [5.74, 6) is -0.943. The number of aliphatic carboxylic acids is 1. The monoisotopic (exact) mass is 320 g/mol. The van der Waals surface area contributed by atoms with Gasteiger partial charge in [0, 0.05) is 13.1 Å². The number of hydrogen-bond acceptors (Lipinski definition) is 3. The van der Waals surface area contributed by atoms with Crippen LogP contribution in [0, 0.1) is 0 Å². The number of alkyl halides is 3. The summed E-state index contributed by atoms with van der Waals surface area (Å²) in [6.07, 6.45) is -4.58. The maximum absolute atomic E-state index is 12.0. The highest BCUT2D eigenvalue weighted by Gasteiger charge is 2.28. The number of nitrogens with one attached hydrogen (secondary N) is 2. The predicted octanol–water partition coefficient (Wildman–Crippen LogP) is 1.90. The molecule has 3 N–H and O–H groups in total. The van der Waals surface area contributed by atoms with Gasteiger partial charge in [-0.15, -0.1) is 0 Å². The number of carboxylic acid groups (broad SMARTS) is 1. The standard InChI is InChI=1S/C13H15F3N2O4/c14-13(15,16)8-22-10-3-1-9(2-4-10)7-18-12(21)17-6-5-11(19)20/h1-4H,5-8H2,(H,19,20)(H2,17,18,21). The van der Waals surface area contributed by atoms with E-state index in [4.69, 9.17) is 5.11 Å². The summed E-state index contributed by atoms with van der Waals surface area (Å²) in [4.78, 5) is 21.6. The normalized spacial score (nSPS) is 10.9. The fourth-order valence-corrected chi connectivity index (χ4v) is 1.40. The Balaban J connectivity index is 2.32. The second-order valence-electron chi connectivity index (χ2n) is 4.30. The van der Waals surface area contributed by atoms with Crippen molar-refractivity contribution in [3.63, 3.8) is 0 Å². The molecule has 0 aromatic heterocycles. The molecule has 1 aromatic rings. The van der Waals surface area contributed by atoms with E-state index in [0.717, 1.165) is 0 Å². The van der Waals surface area contributed by atoms with E-state index in [-0.39, 0.29) is 25.3 Å². The smallest absolute Gasteiger partial charge is 0.422 e. The number of ether oxygens (including phenoxy) is 1. The van der Waals surface area contributed by atoms with Crippen LogP contribution in [0.1, 0.15) is 12.0 Å². The molecule has 0 aliphatic rings. The molecule has 0 saturated heterocycles. The SMILES string of the molecule is O=C(O)CCNC(=O)NCc1ccc(OCC(F)(F)F)cc1. The molecule has 0 atom stereocenters. The van der Waals surface area contributed by atoms with Crippen molar-refractivity contribution in [2.75, 3.05) is 13.2 Å². The van der Waals surface area contributed by atoms with Crippen LogP contribution in [0.4, 0.5) is 18.0 Å². The molecule has 0 bridgehead atoms. The molecular formula is C13H15F3N2O4. The molecule has 6 nitrogen and oxygen atoms in total. The highest BCUT2D eigenvalue weighted by atomic mass is 19.4. The van der Waals surface area contributed by atoms with Gasteiger partial charge in [-0.05, 0) is 17.7 Å². The van der Waals surface area contributed by atoms with Crippen molar-refractivity contribution in [2.24, 2.45) is 0 Å². The molecule has 0 fully saturated rings. The van der Waals surface area contributed by atoms with Crippen molar-refractivity contribution in [1.29, 1.82) is 0 Å². The number of halogens is 3. The zero-order valence-electron chi connectivity index (χ0n) is 11.4. The molecule has 0 aliphatic heterocycles. The first-order chi connectivity index (χ1) is 10.3. The number of urea groups is 1. The molecule has 0 radical (unpaired) electrons. The molecule has 0 heterocycles. The van der Waals surface area contributed by atoms with Gasteiger partial charge in [-0.3, -0.25) is 4.79 Å². The minimum atomic E-state index is -4.39. The van der Waals surface area contributed by atoms with E-state index in [1.807, 2.05) is 0 Å². The summed E-state index contributed by atoms with van der Waals surface area (Å²) in [6, 6.07) is 5.24. The molecule has 122 valence electrons. The van der Waals surface area contributed by atoms with Crippen LogP contribution in [0.15, 0.2) is 24.3 Å². The lowest BCUT2D eigenvalue weighted by atomic mass is 10.2. The Kier molecular flexibility index (Phi) is 6.48. The van der Waals surface area contributed by atoms with Gasteiger partial charge in [-0.1, -0.05) is 12.1 Å². The Morgan fingerprint density at radius 1 is 1.14 bits per heavy atom. The topological polar surface area (TPSA) is 87.7 Å². The average Bonchev–Trinajstić information content (AvgIpc) is 2.43. The first-order valence-electron chi connectivity index (χ1n) is 6.28. The number of carbonyl (C=O) groups is 2.